The van der Waals surface area contributed by atoms with Gasteiger partial charge in [0.25, 0.3) is 5.91 Å². The highest BCUT2D eigenvalue weighted by molar-refractivity contribution is 7.13. The van der Waals surface area contributed by atoms with Crippen LogP contribution >= 0.6 is 11.3 Å². The molecule has 0 spiro atoms. The maximum absolute atomic E-state index is 12.4. The lowest BCUT2D eigenvalue weighted by Gasteiger charge is -2.25. The van der Waals surface area contributed by atoms with Gasteiger partial charge in [-0.15, -0.1) is 11.3 Å². The smallest absolute Gasteiger partial charge is 0.263 e. The van der Waals surface area contributed by atoms with E-state index >= 15 is 0 Å². The van der Waals surface area contributed by atoms with Crippen LogP contribution in [0.3, 0.4) is 0 Å². The number of morpholine rings is 1. The van der Waals surface area contributed by atoms with Crippen molar-refractivity contribution in [3.8, 4) is 0 Å². The summed E-state index contributed by atoms with van der Waals surface area (Å²) in [7, 11) is 0. The summed E-state index contributed by atoms with van der Waals surface area (Å²) in [6.45, 7) is 6.82. The minimum absolute atomic E-state index is 0.00344. The topological polar surface area (TPSA) is 54.5 Å². The standard InChI is InChI=1S/C19H25N3O2S/c1-15-18(25-17(21-15)14-22-10-12-24-13-11-22)19(23)20-9-5-8-16-6-3-2-4-7-16/h2-4,6-7H,5,8-14H2,1H3,(H,20,23). The summed E-state index contributed by atoms with van der Waals surface area (Å²) in [5.41, 5.74) is 2.13. The molecule has 0 saturated carbocycles. The maximum Gasteiger partial charge on any atom is 0.263 e. The molecule has 1 amide bonds. The van der Waals surface area contributed by atoms with Crippen LogP contribution in [0.4, 0.5) is 0 Å². The highest BCUT2D eigenvalue weighted by Crippen LogP contribution is 2.20. The van der Waals surface area contributed by atoms with Crippen molar-refractivity contribution in [1.82, 2.24) is 15.2 Å². The van der Waals surface area contributed by atoms with Gasteiger partial charge in [0.05, 0.1) is 25.5 Å². The Kier molecular flexibility index (Phi) is 6.55. The number of hydrogen-bond donors (Lipinski definition) is 1. The molecule has 1 fully saturated rings. The van der Waals surface area contributed by atoms with Crippen molar-refractivity contribution in [1.29, 1.82) is 0 Å². The first kappa shape index (κ1) is 18.0. The number of nitrogens with one attached hydrogen (secondary N) is 1. The minimum Gasteiger partial charge on any atom is -0.379 e. The molecule has 0 bridgehead atoms. The highest BCUT2D eigenvalue weighted by Gasteiger charge is 2.18. The highest BCUT2D eigenvalue weighted by atomic mass is 32.1. The van der Waals surface area contributed by atoms with Crippen molar-refractivity contribution in [2.24, 2.45) is 0 Å². The Bertz CT molecular complexity index is 681. The predicted octanol–water partition coefficient (Wildman–Crippen LogP) is 2.65. The number of rotatable bonds is 7. The van der Waals surface area contributed by atoms with Gasteiger partial charge >= 0.3 is 0 Å². The van der Waals surface area contributed by atoms with E-state index in [4.69, 9.17) is 4.74 Å². The van der Waals surface area contributed by atoms with Gasteiger partial charge in [-0.2, -0.15) is 0 Å². The zero-order valence-electron chi connectivity index (χ0n) is 14.7. The predicted molar refractivity (Wildman–Crippen MR) is 100 cm³/mol. The summed E-state index contributed by atoms with van der Waals surface area (Å²) in [5, 5.41) is 4.03. The van der Waals surface area contributed by atoms with Gasteiger partial charge < -0.3 is 10.1 Å². The molecule has 1 aromatic heterocycles. The number of nitrogens with zero attached hydrogens (tertiary/aromatic N) is 2. The van der Waals surface area contributed by atoms with E-state index < -0.39 is 0 Å². The molecular weight excluding hydrogens is 334 g/mol. The lowest BCUT2D eigenvalue weighted by atomic mass is 10.1. The fourth-order valence-electron chi connectivity index (χ4n) is 2.90. The lowest BCUT2D eigenvalue weighted by Crippen LogP contribution is -2.35. The van der Waals surface area contributed by atoms with Crippen molar-refractivity contribution in [3.63, 3.8) is 0 Å². The molecule has 3 rings (SSSR count). The van der Waals surface area contributed by atoms with Crippen LogP contribution in [0.2, 0.25) is 0 Å². The number of aromatic nitrogens is 1. The number of ether oxygens (including phenoxy) is 1. The van der Waals surface area contributed by atoms with Crippen LogP contribution in [-0.4, -0.2) is 48.6 Å². The van der Waals surface area contributed by atoms with Crippen LogP contribution in [0.15, 0.2) is 30.3 Å². The lowest BCUT2D eigenvalue weighted by molar-refractivity contribution is 0.0341. The molecule has 1 aliphatic rings. The Labute approximate surface area is 153 Å². The van der Waals surface area contributed by atoms with Crippen LogP contribution in [0, 0.1) is 6.92 Å². The van der Waals surface area contributed by atoms with E-state index in [1.165, 1.54) is 16.9 Å². The monoisotopic (exact) mass is 359 g/mol. The van der Waals surface area contributed by atoms with Crippen molar-refractivity contribution < 1.29 is 9.53 Å². The number of aryl methyl sites for hydroxylation is 2. The largest absolute Gasteiger partial charge is 0.379 e. The molecule has 1 saturated heterocycles. The normalized spacial score (nSPS) is 15.2. The molecular formula is C19H25N3O2S. The molecule has 134 valence electrons. The second kappa shape index (κ2) is 9.08. The molecule has 0 atom stereocenters. The number of hydrogen-bond acceptors (Lipinski definition) is 5. The number of carbonyl (C=O) groups is 1. The van der Waals surface area contributed by atoms with E-state index in [2.05, 4.69) is 27.3 Å². The van der Waals surface area contributed by atoms with Crippen molar-refractivity contribution in [2.45, 2.75) is 26.3 Å². The molecule has 2 heterocycles. The van der Waals surface area contributed by atoms with Gasteiger partial charge in [0.2, 0.25) is 0 Å². The second-order valence-corrected chi connectivity index (χ2v) is 7.34. The number of thiazole rings is 1. The molecule has 0 radical (unpaired) electrons. The van der Waals surface area contributed by atoms with Crippen LogP contribution in [0.5, 0.6) is 0 Å². The minimum atomic E-state index is -0.00344. The van der Waals surface area contributed by atoms with E-state index in [-0.39, 0.29) is 5.91 Å². The molecule has 2 aromatic rings. The zero-order valence-corrected chi connectivity index (χ0v) is 15.5. The Morgan fingerprint density at radius 2 is 2.04 bits per heavy atom. The third-order valence-electron chi connectivity index (χ3n) is 4.28. The first-order valence-electron chi connectivity index (χ1n) is 8.81. The molecule has 1 aliphatic heterocycles. The maximum atomic E-state index is 12.4. The third-order valence-corrected chi connectivity index (χ3v) is 5.42. The quantitative estimate of drug-likeness (QED) is 0.772. The molecule has 0 aliphatic carbocycles. The molecule has 0 unspecified atom stereocenters. The van der Waals surface area contributed by atoms with Gasteiger partial charge in [-0.05, 0) is 25.3 Å². The second-order valence-electron chi connectivity index (χ2n) is 6.26. The number of amides is 1. The van der Waals surface area contributed by atoms with Gasteiger partial charge in [0.15, 0.2) is 0 Å². The summed E-state index contributed by atoms with van der Waals surface area (Å²) >= 11 is 1.51. The van der Waals surface area contributed by atoms with Crippen LogP contribution in [-0.2, 0) is 17.7 Å². The van der Waals surface area contributed by atoms with Crippen molar-refractivity contribution in [2.75, 3.05) is 32.8 Å². The zero-order chi connectivity index (χ0) is 17.5. The molecule has 1 N–H and O–H groups in total. The third kappa shape index (κ3) is 5.36. The summed E-state index contributed by atoms with van der Waals surface area (Å²) in [5.74, 6) is -0.00344. The summed E-state index contributed by atoms with van der Waals surface area (Å²) in [4.78, 5) is 20.0. The van der Waals surface area contributed by atoms with E-state index in [9.17, 15) is 4.79 Å². The van der Waals surface area contributed by atoms with Gasteiger partial charge in [-0.3, -0.25) is 9.69 Å². The Balaban J connectivity index is 1.46. The average molecular weight is 359 g/mol. The van der Waals surface area contributed by atoms with Crippen LogP contribution < -0.4 is 5.32 Å². The SMILES string of the molecule is Cc1nc(CN2CCOCC2)sc1C(=O)NCCCc1ccccc1. The van der Waals surface area contributed by atoms with Gasteiger partial charge in [0, 0.05) is 19.6 Å². The summed E-state index contributed by atoms with van der Waals surface area (Å²) < 4.78 is 5.37. The first-order chi connectivity index (χ1) is 12.2. The molecule has 25 heavy (non-hydrogen) atoms. The Morgan fingerprint density at radius 1 is 1.28 bits per heavy atom. The molecule has 6 heteroatoms. The van der Waals surface area contributed by atoms with E-state index in [1.807, 2.05) is 25.1 Å². The van der Waals surface area contributed by atoms with Gasteiger partial charge in [-0.25, -0.2) is 4.98 Å². The van der Waals surface area contributed by atoms with E-state index in [0.29, 0.717) is 6.54 Å². The molecule has 5 nitrogen and oxygen atoms in total. The Morgan fingerprint density at radius 3 is 2.80 bits per heavy atom. The first-order valence-corrected chi connectivity index (χ1v) is 9.62. The van der Waals surface area contributed by atoms with Gasteiger partial charge in [0.1, 0.15) is 9.88 Å². The fraction of sp³-hybridized carbons (Fsp3) is 0.474. The summed E-state index contributed by atoms with van der Waals surface area (Å²) in [6.07, 6.45) is 1.92. The van der Waals surface area contributed by atoms with Crippen LogP contribution in [0.1, 0.15) is 32.4 Å². The molecule has 1 aromatic carbocycles. The van der Waals surface area contributed by atoms with Crippen molar-refractivity contribution >= 4 is 17.2 Å². The van der Waals surface area contributed by atoms with Crippen LogP contribution in [0.25, 0.3) is 0 Å². The summed E-state index contributed by atoms with van der Waals surface area (Å²) in [6, 6.07) is 10.3. The fourth-order valence-corrected chi connectivity index (χ4v) is 3.92. The number of benzene rings is 1. The number of carbonyl (C=O) groups excluding carboxylic acids is 1. The van der Waals surface area contributed by atoms with E-state index in [0.717, 1.165) is 61.3 Å². The van der Waals surface area contributed by atoms with E-state index in [1.54, 1.807) is 0 Å². The average Bonchev–Trinajstić information content (AvgIpc) is 3.00. The van der Waals surface area contributed by atoms with Gasteiger partial charge in [-0.1, -0.05) is 30.3 Å². The van der Waals surface area contributed by atoms with Crippen molar-refractivity contribution in [3.05, 3.63) is 51.5 Å². The Hall–Kier alpha value is -1.76.